The van der Waals surface area contributed by atoms with E-state index in [0.717, 1.165) is 17.2 Å². The van der Waals surface area contributed by atoms with Crippen LogP contribution in [0.3, 0.4) is 0 Å². The zero-order valence-corrected chi connectivity index (χ0v) is 22.9. The molecule has 0 N–H and O–H groups in total. The molecule has 1 fully saturated rings. The molecular formula is C28H26Cl2F3N5O. The Labute approximate surface area is 233 Å². The average molecular weight is 576 g/mol. The number of nitrogens with zero attached hydrogens (tertiary/aromatic N) is 5. The highest BCUT2D eigenvalue weighted by Crippen LogP contribution is 2.33. The van der Waals surface area contributed by atoms with Crippen molar-refractivity contribution in [2.45, 2.75) is 32.5 Å². The minimum absolute atomic E-state index is 0.0388. The number of fused-ring (bicyclic) bond motifs is 1. The van der Waals surface area contributed by atoms with Crippen molar-refractivity contribution in [2.24, 2.45) is 0 Å². The van der Waals surface area contributed by atoms with Crippen LogP contribution in [0, 0.1) is 0 Å². The lowest BCUT2D eigenvalue weighted by atomic mass is 10.0. The van der Waals surface area contributed by atoms with Crippen LogP contribution in [-0.2, 0) is 12.7 Å². The number of halogens is 5. The summed E-state index contributed by atoms with van der Waals surface area (Å²) in [5.41, 5.74) is 1.50. The number of hydrogen-bond acceptors (Lipinski definition) is 4. The summed E-state index contributed by atoms with van der Waals surface area (Å²) in [6, 6.07) is 14.9. The second-order valence-corrected chi connectivity index (χ2v) is 10.7. The SMILES string of the molecule is CC(C)c1ccc(-c2cc(C(F)(F)F)n3nc(C(=O)N4CCN(Cc5c(Cl)cccc5Cl)CC4)cc3n2)cc1. The van der Waals surface area contributed by atoms with E-state index >= 15 is 0 Å². The summed E-state index contributed by atoms with van der Waals surface area (Å²) in [6.07, 6.45) is -4.69. The molecule has 1 aliphatic rings. The van der Waals surface area contributed by atoms with E-state index in [-0.39, 0.29) is 17.0 Å². The van der Waals surface area contributed by atoms with Gasteiger partial charge in [-0.1, -0.05) is 67.4 Å². The van der Waals surface area contributed by atoms with Crippen LogP contribution in [0.1, 0.15) is 47.1 Å². The highest BCUT2D eigenvalue weighted by atomic mass is 35.5. The molecule has 0 aliphatic carbocycles. The second kappa shape index (κ2) is 10.8. The van der Waals surface area contributed by atoms with Crippen LogP contribution in [-0.4, -0.2) is 56.5 Å². The predicted molar refractivity (Wildman–Crippen MR) is 145 cm³/mol. The quantitative estimate of drug-likeness (QED) is 0.262. The van der Waals surface area contributed by atoms with E-state index < -0.39 is 17.8 Å². The molecule has 1 saturated heterocycles. The van der Waals surface area contributed by atoms with Crippen molar-refractivity contribution in [3.63, 3.8) is 0 Å². The van der Waals surface area contributed by atoms with E-state index in [4.69, 9.17) is 23.2 Å². The van der Waals surface area contributed by atoms with Crippen molar-refractivity contribution in [1.82, 2.24) is 24.4 Å². The van der Waals surface area contributed by atoms with Gasteiger partial charge in [-0.25, -0.2) is 9.50 Å². The van der Waals surface area contributed by atoms with E-state index in [1.165, 1.54) is 6.07 Å². The first kappa shape index (κ1) is 27.4. The monoisotopic (exact) mass is 575 g/mol. The molecule has 0 unspecified atom stereocenters. The third-order valence-electron chi connectivity index (χ3n) is 6.91. The molecule has 39 heavy (non-hydrogen) atoms. The number of rotatable bonds is 5. The lowest BCUT2D eigenvalue weighted by Gasteiger charge is -2.34. The maximum Gasteiger partial charge on any atom is 0.433 e. The maximum atomic E-state index is 14.0. The zero-order valence-electron chi connectivity index (χ0n) is 21.3. The summed E-state index contributed by atoms with van der Waals surface area (Å²) in [6.45, 7) is 6.52. The highest BCUT2D eigenvalue weighted by Gasteiger charge is 2.36. The Morgan fingerprint density at radius 2 is 1.62 bits per heavy atom. The number of carbonyl (C=O) groups excluding carboxylic acids is 1. The number of amides is 1. The van der Waals surface area contributed by atoms with Crippen molar-refractivity contribution < 1.29 is 18.0 Å². The molecular weight excluding hydrogens is 550 g/mol. The van der Waals surface area contributed by atoms with Crippen molar-refractivity contribution >= 4 is 34.8 Å². The molecule has 0 spiro atoms. The Kier molecular flexibility index (Phi) is 7.59. The number of piperazine rings is 1. The van der Waals surface area contributed by atoms with Gasteiger partial charge in [-0.05, 0) is 29.7 Å². The molecule has 5 rings (SSSR count). The third-order valence-corrected chi connectivity index (χ3v) is 7.62. The summed E-state index contributed by atoms with van der Waals surface area (Å²) < 4.78 is 42.8. The minimum atomic E-state index is -4.69. The maximum absolute atomic E-state index is 14.0. The van der Waals surface area contributed by atoms with Crippen LogP contribution >= 0.6 is 23.2 Å². The highest BCUT2D eigenvalue weighted by molar-refractivity contribution is 6.35. The molecule has 204 valence electrons. The van der Waals surface area contributed by atoms with Crippen molar-refractivity contribution in [3.05, 3.63) is 87.2 Å². The van der Waals surface area contributed by atoms with Crippen LogP contribution in [0.4, 0.5) is 13.2 Å². The van der Waals surface area contributed by atoms with Crippen molar-refractivity contribution in [2.75, 3.05) is 26.2 Å². The zero-order chi connectivity index (χ0) is 27.9. The van der Waals surface area contributed by atoms with E-state index in [0.29, 0.717) is 58.8 Å². The van der Waals surface area contributed by atoms with E-state index in [1.54, 1.807) is 35.2 Å². The fraction of sp³-hybridized carbons (Fsp3) is 0.321. The molecule has 1 amide bonds. The lowest BCUT2D eigenvalue weighted by Crippen LogP contribution is -2.48. The van der Waals surface area contributed by atoms with E-state index in [1.807, 2.05) is 26.0 Å². The molecule has 0 radical (unpaired) electrons. The Balaban J connectivity index is 1.37. The largest absolute Gasteiger partial charge is 0.433 e. The van der Waals surface area contributed by atoms with Gasteiger partial charge in [0.15, 0.2) is 17.0 Å². The molecule has 6 nitrogen and oxygen atoms in total. The van der Waals surface area contributed by atoms with Gasteiger partial charge in [-0.15, -0.1) is 0 Å². The molecule has 1 aliphatic heterocycles. The topological polar surface area (TPSA) is 53.7 Å². The van der Waals surface area contributed by atoms with Crippen LogP contribution in [0.2, 0.25) is 10.0 Å². The van der Waals surface area contributed by atoms with Gasteiger partial charge in [0.1, 0.15) is 0 Å². The van der Waals surface area contributed by atoms with Crippen molar-refractivity contribution in [1.29, 1.82) is 0 Å². The van der Waals surface area contributed by atoms with E-state index in [2.05, 4.69) is 15.0 Å². The van der Waals surface area contributed by atoms with Gasteiger partial charge in [-0.2, -0.15) is 18.3 Å². The Hall–Kier alpha value is -3.14. The van der Waals surface area contributed by atoms with Gasteiger partial charge in [0.2, 0.25) is 0 Å². The van der Waals surface area contributed by atoms with Gasteiger partial charge < -0.3 is 4.90 Å². The van der Waals surface area contributed by atoms with Gasteiger partial charge in [0, 0.05) is 60.0 Å². The van der Waals surface area contributed by atoms with E-state index in [9.17, 15) is 18.0 Å². The van der Waals surface area contributed by atoms with Gasteiger partial charge >= 0.3 is 6.18 Å². The fourth-order valence-corrected chi connectivity index (χ4v) is 5.16. The molecule has 4 aromatic rings. The lowest BCUT2D eigenvalue weighted by molar-refractivity contribution is -0.142. The van der Waals surface area contributed by atoms with Gasteiger partial charge in [0.05, 0.1) is 5.69 Å². The molecule has 2 aromatic carbocycles. The first-order valence-corrected chi connectivity index (χ1v) is 13.3. The van der Waals surface area contributed by atoms with Gasteiger partial charge in [-0.3, -0.25) is 9.69 Å². The number of aromatic nitrogens is 3. The summed E-state index contributed by atoms with van der Waals surface area (Å²) in [4.78, 5) is 21.4. The average Bonchev–Trinajstić information content (AvgIpc) is 3.34. The minimum Gasteiger partial charge on any atom is -0.335 e. The Morgan fingerprint density at radius 3 is 2.21 bits per heavy atom. The summed E-state index contributed by atoms with van der Waals surface area (Å²) in [5.74, 6) is -0.147. The predicted octanol–water partition coefficient (Wildman–Crippen LogP) is 6.80. The standard InChI is InChI=1S/C28H26Cl2F3N5O/c1-17(2)18-6-8-19(9-7-18)23-14-25(28(31,32)33)38-26(34-23)15-24(35-38)27(39)37-12-10-36(11-13-37)16-20-21(29)4-3-5-22(20)30/h3-9,14-15,17H,10-13,16H2,1-2H3. The summed E-state index contributed by atoms with van der Waals surface area (Å²) in [7, 11) is 0. The second-order valence-electron chi connectivity index (χ2n) is 9.87. The smallest absolute Gasteiger partial charge is 0.335 e. The van der Waals surface area contributed by atoms with Gasteiger partial charge in [0.25, 0.3) is 5.91 Å². The van der Waals surface area contributed by atoms with Crippen LogP contribution in [0.5, 0.6) is 0 Å². The first-order valence-electron chi connectivity index (χ1n) is 12.5. The van der Waals surface area contributed by atoms with Crippen LogP contribution in [0.25, 0.3) is 16.9 Å². The third kappa shape index (κ3) is 5.76. The fourth-order valence-electron chi connectivity index (χ4n) is 4.65. The molecule has 3 heterocycles. The molecule has 0 saturated carbocycles. The van der Waals surface area contributed by atoms with Crippen LogP contribution in [0.15, 0.2) is 54.6 Å². The first-order chi connectivity index (χ1) is 18.5. The molecule has 0 atom stereocenters. The number of hydrogen-bond donors (Lipinski definition) is 0. The number of carbonyl (C=O) groups is 1. The molecule has 0 bridgehead atoms. The summed E-state index contributed by atoms with van der Waals surface area (Å²) in [5, 5.41) is 5.19. The summed E-state index contributed by atoms with van der Waals surface area (Å²) >= 11 is 12.6. The normalized spacial score (nSPS) is 14.9. The number of alkyl halides is 3. The Morgan fingerprint density at radius 1 is 0.974 bits per heavy atom. The van der Waals surface area contributed by atoms with Crippen molar-refractivity contribution in [3.8, 4) is 11.3 Å². The number of benzene rings is 2. The van der Waals surface area contributed by atoms with Crippen LogP contribution < -0.4 is 0 Å². The molecule has 2 aromatic heterocycles. The Bertz CT molecular complexity index is 1490. The molecule has 11 heteroatoms.